The van der Waals surface area contributed by atoms with Crippen LogP contribution in [0.2, 0.25) is 0 Å². The maximum absolute atomic E-state index is 16.6. The summed E-state index contributed by atoms with van der Waals surface area (Å²) in [6.45, 7) is 40.9. The average Bonchev–Trinajstić information content (AvgIpc) is 0.671. The number of carbonyl (C=O) groups excluding carboxylic acids is 4. The van der Waals surface area contributed by atoms with Gasteiger partial charge >= 0.3 is 0 Å². The van der Waals surface area contributed by atoms with Gasteiger partial charge in [-0.25, -0.2) is 9.80 Å². The molecule has 0 radical (unpaired) electrons. The van der Waals surface area contributed by atoms with E-state index in [1.165, 1.54) is 9.80 Å². The predicted octanol–water partition coefficient (Wildman–Crippen LogP) is 22.7. The quantitative estimate of drug-likeness (QED) is 0.0601. The number of aryl methyl sites for hydroxylation is 12. The van der Waals surface area contributed by atoms with Crippen LogP contribution in [-0.2, 0) is 0 Å². The molecule has 2 aliphatic rings. The first kappa shape index (κ1) is 63.0. The maximum Gasteiger partial charge on any atom is 0.266 e. The number of rotatable bonds is 14. The minimum absolute atomic E-state index is 0.0751. The van der Waals surface area contributed by atoms with E-state index in [0.29, 0.717) is 77.5 Å². The molecule has 0 atom stereocenters. The van der Waals surface area contributed by atoms with Crippen LogP contribution in [0.25, 0.3) is 43.1 Å². The van der Waals surface area contributed by atoms with Crippen LogP contribution in [0.3, 0.4) is 0 Å². The van der Waals surface area contributed by atoms with E-state index in [-0.39, 0.29) is 68.9 Å². The van der Waals surface area contributed by atoms with Crippen LogP contribution < -0.4 is 28.7 Å². The molecule has 10 heteroatoms. The zero-order valence-corrected chi connectivity index (χ0v) is 57.9. The van der Waals surface area contributed by atoms with Crippen molar-refractivity contribution >= 4 is 78.1 Å². The molecule has 11 aromatic carbocycles. The molecule has 11 aromatic rings. The van der Waals surface area contributed by atoms with E-state index in [2.05, 4.69) is 132 Å². The maximum atomic E-state index is 16.6. The van der Waals surface area contributed by atoms with Crippen LogP contribution in [0.4, 0.5) is 11.4 Å². The molecule has 0 aliphatic carbocycles. The number of carbonyl (C=O) groups is 4. The van der Waals surface area contributed by atoms with Crippen molar-refractivity contribution in [2.75, 3.05) is 9.80 Å². The molecule has 13 rings (SSSR count). The Morgan fingerprint density at radius 3 is 0.638 bits per heavy atom. The van der Waals surface area contributed by atoms with Crippen LogP contribution in [0.5, 0.6) is 46.0 Å². The van der Waals surface area contributed by atoms with Gasteiger partial charge in [-0.3, -0.25) is 19.2 Å². The van der Waals surface area contributed by atoms with Gasteiger partial charge in [0.1, 0.15) is 46.0 Å². The van der Waals surface area contributed by atoms with Gasteiger partial charge in [0.05, 0.1) is 33.6 Å². The molecule has 0 spiro atoms. The molecule has 0 saturated heterocycles. The van der Waals surface area contributed by atoms with Crippen molar-refractivity contribution in [2.24, 2.45) is 0 Å². The molecule has 0 aromatic heterocycles. The molecule has 0 saturated carbocycles. The Bertz CT molecular complexity index is 4440. The first-order valence-corrected chi connectivity index (χ1v) is 33.0. The Morgan fingerprint density at radius 2 is 0.457 bits per heavy atom. The lowest BCUT2D eigenvalue weighted by Gasteiger charge is -2.35. The number of imide groups is 2. The highest BCUT2D eigenvalue weighted by molar-refractivity contribution is 6.48. The number of anilines is 2. The highest BCUT2D eigenvalue weighted by Crippen LogP contribution is 2.60. The number of amides is 4. The summed E-state index contributed by atoms with van der Waals surface area (Å²) < 4.78 is 30.5. The van der Waals surface area contributed by atoms with E-state index in [1.807, 2.05) is 91.8 Å². The Balaban J connectivity index is 1.32. The lowest BCUT2D eigenvalue weighted by Crippen LogP contribution is -2.42. The van der Waals surface area contributed by atoms with Crippen LogP contribution in [0, 0.1) is 83.1 Å². The third kappa shape index (κ3) is 9.88. The summed E-state index contributed by atoms with van der Waals surface area (Å²) in [6.07, 6.45) is 0. The fourth-order valence-electron chi connectivity index (χ4n) is 15.5. The lowest BCUT2D eigenvalue weighted by atomic mass is 9.80. The second kappa shape index (κ2) is 23.0. The van der Waals surface area contributed by atoms with Gasteiger partial charge in [-0.05, 0) is 198 Å². The highest BCUT2D eigenvalue weighted by atomic mass is 16.5. The summed E-state index contributed by atoms with van der Waals surface area (Å²) in [5.41, 5.74) is 16.4. The van der Waals surface area contributed by atoms with Crippen molar-refractivity contribution in [3.63, 3.8) is 0 Å². The molecule has 2 heterocycles. The standard InChI is InChI=1S/C84H82N2O8/c1-39(2)55-23-21-24-56(40(3)4)75(55)85-81(87)59-35-63(91-77-47(13)27-43(9)28-48(77)14)69-71-65(93-79-51(17)31-45(11)32-52(79)18)37-61-68-62(84(90)86(83(61)89)76-57(41(5)6)25-22-26-58(76)42(7)8)38-66(94-80-53(19)33-46(12)34-54(80)20)72(74(68)71)70-64(36-60(82(85)88)67(59)73(69)70)92-78-49(15)29-44(10)30-50(78)16/h21-42H,1-20H3. The molecule has 94 heavy (non-hydrogen) atoms. The fourth-order valence-corrected chi connectivity index (χ4v) is 15.5. The number of fused-ring (bicyclic) bond motifs is 2. The number of benzene rings is 11. The number of hydrogen-bond acceptors (Lipinski definition) is 8. The third-order valence-electron chi connectivity index (χ3n) is 19.3. The zero-order valence-electron chi connectivity index (χ0n) is 57.9. The average molecular weight is 1250 g/mol. The van der Waals surface area contributed by atoms with Crippen molar-refractivity contribution in [3.8, 4) is 46.0 Å². The van der Waals surface area contributed by atoms with Gasteiger partial charge in [0.25, 0.3) is 23.6 Å². The van der Waals surface area contributed by atoms with E-state index in [4.69, 9.17) is 18.9 Å². The van der Waals surface area contributed by atoms with Crippen LogP contribution in [-0.4, -0.2) is 23.6 Å². The molecule has 476 valence electrons. The van der Waals surface area contributed by atoms with E-state index in [0.717, 1.165) is 89.0 Å². The molecule has 0 unspecified atom stereocenters. The minimum atomic E-state index is -0.523. The normalized spacial score (nSPS) is 13.3. The molecule has 0 fully saturated rings. The van der Waals surface area contributed by atoms with E-state index >= 15 is 19.2 Å². The Hall–Kier alpha value is -9.80. The molecule has 0 bridgehead atoms. The molecular formula is C84H82N2O8. The summed E-state index contributed by atoms with van der Waals surface area (Å²) in [7, 11) is 0. The van der Waals surface area contributed by atoms with Gasteiger partial charge in [-0.2, -0.15) is 0 Å². The molecule has 0 N–H and O–H groups in total. The first-order valence-electron chi connectivity index (χ1n) is 33.0. The van der Waals surface area contributed by atoms with Gasteiger partial charge in [0.15, 0.2) is 0 Å². The number of para-hydroxylation sites is 2. The molecule has 2 aliphatic heterocycles. The number of nitrogens with zero attached hydrogens (tertiary/aromatic N) is 2. The van der Waals surface area contributed by atoms with Gasteiger partial charge in [-0.1, -0.05) is 163 Å². The van der Waals surface area contributed by atoms with Crippen molar-refractivity contribution in [1.29, 1.82) is 0 Å². The van der Waals surface area contributed by atoms with E-state index in [9.17, 15) is 0 Å². The topological polar surface area (TPSA) is 112 Å². The number of ether oxygens (including phenoxy) is 4. The summed E-state index contributed by atoms with van der Waals surface area (Å²) in [5.74, 6) is 0.982. The second-order valence-electron chi connectivity index (χ2n) is 28.1. The zero-order chi connectivity index (χ0) is 67.3. The number of hydrogen-bond donors (Lipinski definition) is 0. The lowest BCUT2D eigenvalue weighted by molar-refractivity contribution is 0.0877. The molecular weight excluding hydrogens is 1160 g/mol. The monoisotopic (exact) mass is 1250 g/mol. The van der Waals surface area contributed by atoms with Crippen LogP contribution >= 0.6 is 0 Å². The first-order chi connectivity index (χ1) is 44.6. The minimum Gasteiger partial charge on any atom is -0.456 e. The van der Waals surface area contributed by atoms with Crippen molar-refractivity contribution in [3.05, 3.63) is 220 Å². The van der Waals surface area contributed by atoms with Gasteiger partial charge < -0.3 is 18.9 Å². The summed E-state index contributed by atoms with van der Waals surface area (Å²) in [6, 6.07) is 35.8. The van der Waals surface area contributed by atoms with Crippen LogP contribution in [0.15, 0.2) is 109 Å². The highest BCUT2D eigenvalue weighted by Gasteiger charge is 2.44. The Labute approximate surface area is 551 Å². The molecule has 10 nitrogen and oxygen atoms in total. The fraction of sp³-hybridized carbons (Fsp3) is 0.286. The van der Waals surface area contributed by atoms with Gasteiger partial charge in [-0.15, -0.1) is 0 Å². The SMILES string of the molecule is Cc1cc(C)c(Oc2cc3c4c(cc(Oc5c(C)cc(C)cc5C)c5c6c(Oc7c(C)cc(C)cc7C)cc7c8c(cc(Oc9c(C)cc(C)cc9C)c(c2c45)c86)C(=O)N(c2c(C(C)C)cccc2C(C)C)C7=O)C(=O)N(c2c(C(C)C)cccc2C(C)C)C3=O)c(C)c1. The summed E-state index contributed by atoms with van der Waals surface area (Å²) in [5, 5.41) is 3.56. The largest absolute Gasteiger partial charge is 0.456 e. The van der Waals surface area contributed by atoms with Gasteiger partial charge in [0.2, 0.25) is 0 Å². The predicted molar refractivity (Wildman–Crippen MR) is 382 cm³/mol. The summed E-state index contributed by atoms with van der Waals surface area (Å²) >= 11 is 0. The van der Waals surface area contributed by atoms with Gasteiger partial charge in [0, 0.05) is 43.1 Å². The molecule has 4 amide bonds. The summed E-state index contributed by atoms with van der Waals surface area (Å²) in [4.78, 5) is 69.2. The second-order valence-corrected chi connectivity index (χ2v) is 28.1. The third-order valence-corrected chi connectivity index (χ3v) is 19.3. The van der Waals surface area contributed by atoms with Crippen LogP contribution in [0.1, 0.15) is 210 Å². The van der Waals surface area contributed by atoms with Crippen molar-refractivity contribution < 1.29 is 38.1 Å². The Morgan fingerprint density at radius 1 is 0.266 bits per heavy atom. The van der Waals surface area contributed by atoms with Crippen molar-refractivity contribution in [2.45, 2.75) is 162 Å². The Kier molecular flexibility index (Phi) is 15.4. The van der Waals surface area contributed by atoms with Crippen molar-refractivity contribution in [1.82, 2.24) is 0 Å². The smallest absolute Gasteiger partial charge is 0.266 e. The van der Waals surface area contributed by atoms with E-state index < -0.39 is 23.6 Å². The van der Waals surface area contributed by atoms with E-state index in [1.54, 1.807) is 24.3 Å².